The molecule has 0 bridgehead atoms. The third-order valence-corrected chi connectivity index (χ3v) is 2.55. The maximum Gasteiger partial charge on any atom is 0.191 e. The number of hydrogen-bond acceptors (Lipinski definition) is 2. The fourth-order valence-electron chi connectivity index (χ4n) is 1.40. The highest BCUT2D eigenvalue weighted by atomic mass is 15.2. The van der Waals surface area contributed by atoms with E-state index in [-0.39, 0.29) is 5.54 Å². The topological polar surface area (TPSA) is 48.5 Å². The largest absolute Gasteiger partial charge is 0.356 e. The number of nitrogens with one attached hydrogen (secondary N) is 3. The van der Waals surface area contributed by atoms with E-state index < -0.39 is 0 Å². The first-order chi connectivity index (χ1) is 7.51. The maximum atomic E-state index is 4.19. The predicted octanol–water partition coefficient (Wildman–Crippen LogP) is 0.949. The molecule has 94 valence electrons. The normalized spacial score (nSPS) is 17.4. The zero-order valence-electron chi connectivity index (χ0n) is 11.1. The lowest BCUT2D eigenvalue weighted by atomic mass is 10.1. The summed E-state index contributed by atoms with van der Waals surface area (Å²) < 4.78 is 0. The lowest BCUT2D eigenvalue weighted by Crippen LogP contribution is -2.44. The Balaban J connectivity index is 2.04. The predicted molar refractivity (Wildman–Crippen MR) is 69.8 cm³/mol. The second-order valence-corrected chi connectivity index (χ2v) is 5.50. The van der Waals surface area contributed by atoms with Gasteiger partial charge in [0.2, 0.25) is 0 Å². The van der Waals surface area contributed by atoms with Crippen molar-refractivity contribution >= 4 is 5.96 Å². The van der Waals surface area contributed by atoms with E-state index in [1.54, 1.807) is 0 Å². The van der Waals surface area contributed by atoms with Gasteiger partial charge in [0, 0.05) is 32.2 Å². The van der Waals surface area contributed by atoms with Gasteiger partial charge < -0.3 is 16.0 Å². The van der Waals surface area contributed by atoms with Crippen molar-refractivity contribution in [2.45, 2.75) is 39.2 Å². The van der Waals surface area contributed by atoms with E-state index >= 15 is 0 Å². The average Bonchev–Trinajstić information content (AvgIpc) is 2.99. The Morgan fingerprint density at radius 2 is 1.88 bits per heavy atom. The van der Waals surface area contributed by atoms with Crippen LogP contribution in [-0.4, -0.2) is 38.2 Å². The lowest BCUT2D eigenvalue weighted by molar-refractivity contribution is 0.428. The summed E-state index contributed by atoms with van der Waals surface area (Å²) >= 11 is 0. The molecule has 16 heavy (non-hydrogen) atoms. The van der Waals surface area contributed by atoms with Crippen molar-refractivity contribution in [2.75, 3.05) is 26.7 Å². The summed E-state index contributed by atoms with van der Waals surface area (Å²) in [5, 5.41) is 10.1. The molecule has 1 rings (SSSR count). The van der Waals surface area contributed by atoms with Gasteiger partial charge >= 0.3 is 0 Å². The number of hydrogen-bond donors (Lipinski definition) is 3. The Labute approximate surface area is 99.3 Å². The summed E-state index contributed by atoms with van der Waals surface area (Å²) in [4.78, 5) is 4.19. The molecule has 1 aliphatic rings. The van der Waals surface area contributed by atoms with Crippen molar-refractivity contribution < 1.29 is 0 Å². The fraction of sp³-hybridized carbons (Fsp3) is 0.917. The molecule has 0 heterocycles. The van der Waals surface area contributed by atoms with Gasteiger partial charge in [-0.1, -0.05) is 0 Å². The molecule has 1 fully saturated rings. The average molecular weight is 226 g/mol. The van der Waals surface area contributed by atoms with Gasteiger partial charge in [0.25, 0.3) is 0 Å². The van der Waals surface area contributed by atoms with E-state index in [9.17, 15) is 0 Å². The van der Waals surface area contributed by atoms with Gasteiger partial charge in [0.05, 0.1) is 0 Å². The SMILES string of the molecule is CN=C(NCCNC(C)(C)C)NCC1CC1. The minimum Gasteiger partial charge on any atom is -0.356 e. The molecule has 0 aromatic rings. The smallest absolute Gasteiger partial charge is 0.191 e. The number of rotatable bonds is 5. The first-order valence-electron chi connectivity index (χ1n) is 6.21. The van der Waals surface area contributed by atoms with Crippen LogP contribution in [0.25, 0.3) is 0 Å². The zero-order chi connectivity index (χ0) is 12.0. The molecule has 4 heteroatoms. The van der Waals surface area contributed by atoms with Gasteiger partial charge in [-0.3, -0.25) is 4.99 Å². The summed E-state index contributed by atoms with van der Waals surface area (Å²) in [6.45, 7) is 9.44. The molecule has 0 spiro atoms. The Bertz CT molecular complexity index is 226. The van der Waals surface area contributed by atoms with Crippen LogP contribution in [0.2, 0.25) is 0 Å². The van der Waals surface area contributed by atoms with Crippen LogP contribution in [0.4, 0.5) is 0 Å². The third kappa shape index (κ3) is 6.67. The van der Waals surface area contributed by atoms with Crippen molar-refractivity contribution in [1.29, 1.82) is 0 Å². The minimum absolute atomic E-state index is 0.187. The zero-order valence-corrected chi connectivity index (χ0v) is 11.1. The van der Waals surface area contributed by atoms with Crippen LogP contribution in [0.3, 0.4) is 0 Å². The first-order valence-corrected chi connectivity index (χ1v) is 6.21. The molecular weight excluding hydrogens is 200 g/mol. The van der Waals surface area contributed by atoms with Crippen LogP contribution in [0, 0.1) is 5.92 Å². The van der Waals surface area contributed by atoms with Crippen LogP contribution in [0.5, 0.6) is 0 Å². The molecule has 0 saturated heterocycles. The van der Waals surface area contributed by atoms with Gasteiger partial charge in [-0.15, -0.1) is 0 Å². The second kappa shape index (κ2) is 6.09. The van der Waals surface area contributed by atoms with Gasteiger partial charge in [0.15, 0.2) is 5.96 Å². The third-order valence-electron chi connectivity index (χ3n) is 2.55. The Hall–Kier alpha value is -0.770. The molecule has 1 saturated carbocycles. The van der Waals surface area contributed by atoms with Gasteiger partial charge in [-0.25, -0.2) is 0 Å². The van der Waals surface area contributed by atoms with E-state index in [0.29, 0.717) is 0 Å². The highest BCUT2D eigenvalue weighted by molar-refractivity contribution is 5.79. The molecule has 0 atom stereocenters. The molecule has 0 radical (unpaired) electrons. The Kier molecular flexibility index (Phi) is 5.06. The quantitative estimate of drug-likeness (QED) is 0.372. The van der Waals surface area contributed by atoms with Crippen molar-refractivity contribution in [3.05, 3.63) is 0 Å². The number of nitrogens with zero attached hydrogens (tertiary/aromatic N) is 1. The minimum atomic E-state index is 0.187. The summed E-state index contributed by atoms with van der Waals surface area (Å²) in [7, 11) is 1.82. The maximum absolute atomic E-state index is 4.19. The summed E-state index contributed by atoms with van der Waals surface area (Å²) in [5.74, 6) is 1.80. The highest BCUT2D eigenvalue weighted by Crippen LogP contribution is 2.27. The monoisotopic (exact) mass is 226 g/mol. The van der Waals surface area contributed by atoms with E-state index in [1.807, 2.05) is 7.05 Å². The van der Waals surface area contributed by atoms with E-state index in [1.165, 1.54) is 12.8 Å². The number of aliphatic imine (C=N–C) groups is 1. The van der Waals surface area contributed by atoms with E-state index in [4.69, 9.17) is 0 Å². The fourth-order valence-corrected chi connectivity index (χ4v) is 1.40. The molecule has 1 aliphatic carbocycles. The second-order valence-electron chi connectivity index (χ2n) is 5.50. The van der Waals surface area contributed by atoms with E-state index in [0.717, 1.165) is 31.5 Å². The van der Waals surface area contributed by atoms with Gasteiger partial charge in [-0.2, -0.15) is 0 Å². The molecule has 3 N–H and O–H groups in total. The van der Waals surface area contributed by atoms with Crippen molar-refractivity contribution in [3.63, 3.8) is 0 Å². The van der Waals surface area contributed by atoms with Crippen molar-refractivity contribution in [1.82, 2.24) is 16.0 Å². The number of guanidine groups is 1. The molecule has 0 aromatic carbocycles. The molecule has 0 amide bonds. The van der Waals surface area contributed by atoms with E-state index in [2.05, 4.69) is 41.7 Å². The van der Waals surface area contributed by atoms with Gasteiger partial charge in [0.1, 0.15) is 0 Å². The molecule has 4 nitrogen and oxygen atoms in total. The van der Waals surface area contributed by atoms with Crippen molar-refractivity contribution in [2.24, 2.45) is 10.9 Å². The molecule has 0 unspecified atom stereocenters. The molecule has 0 aromatic heterocycles. The van der Waals surface area contributed by atoms with Crippen LogP contribution in [-0.2, 0) is 0 Å². The Morgan fingerprint density at radius 3 is 2.38 bits per heavy atom. The molecular formula is C12H26N4. The first kappa shape index (κ1) is 13.3. The van der Waals surface area contributed by atoms with Crippen molar-refractivity contribution in [3.8, 4) is 0 Å². The summed E-state index contributed by atoms with van der Waals surface area (Å²) in [6.07, 6.45) is 2.74. The summed E-state index contributed by atoms with van der Waals surface area (Å²) in [6, 6.07) is 0. The standard InChI is InChI=1S/C12H26N4/c1-12(2,3)16-8-7-14-11(13-4)15-9-10-5-6-10/h10,16H,5-9H2,1-4H3,(H2,13,14,15). The molecule has 0 aliphatic heterocycles. The Morgan fingerprint density at radius 1 is 1.19 bits per heavy atom. The van der Waals surface area contributed by atoms with Gasteiger partial charge in [-0.05, 0) is 39.5 Å². The van der Waals surface area contributed by atoms with Crippen LogP contribution in [0.15, 0.2) is 4.99 Å². The van der Waals surface area contributed by atoms with Crippen LogP contribution < -0.4 is 16.0 Å². The summed E-state index contributed by atoms with van der Waals surface area (Å²) in [5.41, 5.74) is 0.187. The van der Waals surface area contributed by atoms with Crippen LogP contribution >= 0.6 is 0 Å². The highest BCUT2D eigenvalue weighted by Gasteiger charge is 2.20. The van der Waals surface area contributed by atoms with Crippen LogP contribution in [0.1, 0.15) is 33.6 Å². The lowest BCUT2D eigenvalue weighted by Gasteiger charge is -2.21.